The normalized spacial score (nSPS) is 13.6. The Morgan fingerprint density at radius 2 is 1.89 bits per heavy atom. The molecule has 0 amide bonds. The van der Waals surface area contributed by atoms with Crippen molar-refractivity contribution < 1.29 is 27.8 Å². The number of alkyl halides is 3. The first-order valence-electron chi connectivity index (χ1n) is 12.1. The first-order chi connectivity index (χ1) is 17.7. The van der Waals surface area contributed by atoms with E-state index >= 15 is 0 Å². The number of phenolic OH excluding ortho intramolecular Hbond substituents is 1. The van der Waals surface area contributed by atoms with Gasteiger partial charge < -0.3 is 15.2 Å². The van der Waals surface area contributed by atoms with Crippen LogP contribution in [0.2, 0.25) is 0 Å². The zero-order chi connectivity index (χ0) is 26.2. The quantitative estimate of drug-likeness (QED) is 0.234. The molecule has 1 aliphatic carbocycles. The second-order valence-corrected chi connectivity index (χ2v) is 9.41. The molecule has 2 aromatic carbocycles. The maximum atomic E-state index is 12.8. The summed E-state index contributed by atoms with van der Waals surface area (Å²) in [7, 11) is 0. The Hall–Kier alpha value is -4.01. The maximum absolute atomic E-state index is 12.8. The van der Waals surface area contributed by atoms with E-state index in [1.165, 1.54) is 12.1 Å². The van der Waals surface area contributed by atoms with E-state index in [1.807, 2.05) is 25.1 Å². The molecule has 6 nitrogen and oxygen atoms in total. The standard InChI is InChI=1S/C28H26F3N3O3/c1-17-12-19(4-9-23(17)26(36)13-18-2-3-18)25-15-33-27-24(32-11-10-28(29,30)31)14-22(16-34(25)27)37-21-7-5-20(35)6-8-21/h4-9,12,14-16,18,32,35H,2-3,10-11,13H2,1H3. The van der Waals surface area contributed by atoms with E-state index in [4.69, 9.17) is 4.74 Å². The molecule has 0 bridgehead atoms. The van der Waals surface area contributed by atoms with Crippen molar-refractivity contribution in [2.24, 2.45) is 5.92 Å². The Kier molecular flexibility index (Phi) is 6.54. The number of imidazole rings is 1. The average molecular weight is 510 g/mol. The van der Waals surface area contributed by atoms with Gasteiger partial charge in [0.05, 0.1) is 30.2 Å². The van der Waals surface area contributed by atoms with Crippen molar-refractivity contribution >= 4 is 17.1 Å². The summed E-state index contributed by atoms with van der Waals surface area (Å²) in [4.78, 5) is 17.1. The highest BCUT2D eigenvalue weighted by molar-refractivity contribution is 5.98. The van der Waals surface area contributed by atoms with Crippen LogP contribution in [0.3, 0.4) is 0 Å². The number of halogens is 3. The molecule has 5 rings (SSSR count). The van der Waals surface area contributed by atoms with Crippen LogP contribution in [-0.2, 0) is 0 Å². The molecule has 2 N–H and O–H groups in total. The van der Waals surface area contributed by atoms with Gasteiger partial charge >= 0.3 is 6.18 Å². The molecule has 0 aliphatic heterocycles. The Morgan fingerprint density at radius 1 is 1.14 bits per heavy atom. The minimum absolute atomic E-state index is 0.0867. The number of pyridine rings is 1. The van der Waals surface area contributed by atoms with Gasteiger partial charge in [-0.1, -0.05) is 12.1 Å². The van der Waals surface area contributed by atoms with Crippen molar-refractivity contribution in [3.8, 4) is 28.5 Å². The molecule has 1 saturated carbocycles. The van der Waals surface area contributed by atoms with Crippen LogP contribution in [-0.4, -0.2) is 33.0 Å². The lowest BCUT2D eigenvalue weighted by Crippen LogP contribution is -2.15. The predicted molar refractivity (Wildman–Crippen MR) is 134 cm³/mol. The highest BCUT2D eigenvalue weighted by atomic mass is 19.4. The van der Waals surface area contributed by atoms with Crippen molar-refractivity contribution in [1.29, 1.82) is 0 Å². The predicted octanol–water partition coefficient (Wildman–Crippen LogP) is 7.15. The van der Waals surface area contributed by atoms with Gasteiger partial charge in [-0.25, -0.2) is 4.98 Å². The first kappa shape index (κ1) is 24.7. The molecule has 0 unspecified atom stereocenters. The first-order valence-corrected chi connectivity index (χ1v) is 12.1. The van der Waals surface area contributed by atoms with E-state index in [0.717, 1.165) is 24.0 Å². The molecule has 0 radical (unpaired) electrons. The van der Waals surface area contributed by atoms with Crippen molar-refractivity contribution in [3.63, 3.8) is 0 Å². The Labute approximate surface area is 211 Å². The summed E-state index contributed by atoms with van der Waals surface area (Å²) >= 11 is 0. The number of hydrogen-bond donors (Lipinski definition) is 2. The number of ether oxygens (including phenoxy) is 1. The van der Waals surface area contributed by atoms with E-state index in [-0.39, 0.29) is 18.1 Å². The van der Waals surface area contributed by atoms with Gasteiger partial charge in [0.15, 0.2) is 11.4 Å². The molecule has 37 heavy (non-hydrogen) atoms. The number of Topliss-reactive ketones (excluding diaryl/α,β-unsaturated/α-hetero) is 1. The minimum atomic E-state index is -4.29. The number of rotatable bonds is 9. The third kappa shape index (κ3) is 5.87. The van der Waals surface area contributed by atoms with E-state index in [0.29, 0.717) is 46.4 Å². The number of anilines is 1. The largest absolute Gasteiger partial charge is 0.508 e. The van der Waals surface area contributed by atoms with Gasteiger partial charge in [0.25, 0.3) is 0 Å². The van der Waals surface area contributed by atoms with Crippen LogP contribution in [0.15, 0.2) is 60.9 Å². The molecule has 1 aliphatic rings. The number of carbonyl (C=O) groups is 1. The summed E-state index contributed by atoms with van der Waals surface area (Å²) in [6, 6.07) is 13.3. The van der Waals surface area contributed by atoms with Crippen LogP contribution in [0.4, 0.5) is 18.9 Å². The Morgan fingerprint density at radius 3 is 2.57 bits per heavy atom. The molecule has 0 saturated heterocycles. The number of aromatic hydroxyl groups is 1. The van der Waals surface area contributed by atoms with Gasteiger partial charge in [-0.3, -0.25) is 9.20 Å². The minimum Gasteiger partial charge on any atom is -0.508 e. The van der Waals surface area contributed by atoms with Crippen LogP contribution in [0, 0.1) is 12.8 Å². The van der Waals surface area contributed by atoms with E-state index < -0.39 is 12.6 Å². The fourth-order valence-corrected chi connectivity index (χ4v) is 4.28. The number of aromatic nitrogens is 2. The average Bonchev–Trinajstić information content (AvgIpc) is 3.54. The molecule has 2 aromatic heterocycles. The highest BCUT2D eigenvalue weighted by Gasteiger charge is 2.27. The second-order valence-electron chi connectivity index (χ2n) is 9.41. The molecular formula is C28H26F3N3O3. The molecule has 0 atom stereocenters. The number of phenols is 1. The smallest absolute Gasteiger partial charge is 0.390 e. The summed E-state index contributed by atoms with van der Waals surface area (Å²) in [5.41, 5.74) is 3.92. The van der Waals surface area contributed by atoms with Gasteiger partial charge in [-0.05, 0) is 61.6 Å². The number of nitrogens with one attached hydrogen (secondary N) is 1. The molecule has 2 heterocycles. The number of hydrogen-bond acceptors (Lipinski definition) is 5. The summed E-state index contributed by atoms with van der Waals surface area (Å²) in [5, 5.41) is 12.4. The van der Waals surface area contributed by atoms with E-state index in [1.54, 1.807) is 35.0 Å². The third-order valence-corrected chi connectivity index (χ3v) is 6.37. The SMILES string of the molecule is Cc1cc(-c2cnc3c(NCCC(F)(F)F)cc(Oc4ccc(O)cc4)cn23)ccc1C(=O)CC1CC1. The zero-order valence-electron chi connectivity index (χ0n) is 20.2. The number of nitrogens with zero attached hydrogens (tertiary/aromatic N) is 2. The summed E-state index contributed by atoms with van der Waals surface area (Å²) in [6.07, 6.45) is 0.861. The fraction of sp³-hybridized carbons (Fsp3) is 0.286. The van der Waals surface area contributed by atoms with Crippen LogP contribution in [0.25, 0.3) is 16.9 Å². The Balaban J connectivity index is 1.50. The van der Waals surface area contributed by atoms with E-state index in [2.05, 4.69) is 10.3 Å². The van der Waals surface area contributed by atoms with Crippen molar-refractivity contribution in [2.45, 2.75) is 38.8 Å². The number of aryl methyl sites for hydroxylation is 1. The molecule has 1 fully saturated rings. The second kappa shape index (κ2) is 9.80. The van der Waals surface area contributed by atoms with Crippen molar-refractivity contribution in [2.75, 3.05) is 11.9 Å². The maximum Gasteiger partial charge on any atom is 0.390 e. The van der Waals surface area contributed by atoms with Crippen LogP contribution < -0.4 is 10.1 Å². The van der Waals surface area contributed by atoms with Crippen molar-refractivity contribution in [1.82, 2.24) is 9.38 Å². The summed E-state index contributed by atoms with van der Waals surface area (Å²) in [5.74, 6) is 1.56. The zero-order valence-corrected chi connectivity index (χ0v) is 20.2. The lowest BCUT2D eigenvalue weighted by molar-refractivity contribution is -0.131. The molecule has 4 aromatic rings. The number of carbonyl (C=O) groups excluding carboxylic acids is 1. The van der Waals surface area contributed by atoms with Gasteiger partial charge in [0.1, 0.15) is 17.2 Å². The van der Waals surface area contributed by atoms with Gasteiger partial charge in [0.2, 0.25) is 0 Å². The number of fused-ring (bicyclic) bond motifs is 1. The van der Waals surface area contributed by atoms with Crippen molar-refractivity contribution in [3.05, 3.63) is 72.1 Å². The molecular weight excluding hydrogens is 483 g/mol. The Bertz CT molecular complexity index is 1440. The topological polar surface area (TPSA) is 75.9 Å². The van der Waals surface area contributed by atoms with Crippen LogP contribution >= 0.6 is 0 Å². The molecule has 0 spiro atoms. The molecule has 9 heteroatoms. The fourth-order valence-electron chi connectivity index (χ4n) is 4.28. The lowest BCUT2D eigenvalue weighted by atomic mass is 9.98. The summed E-state index contributed by atoms with van der Waals surface area (Å²) in [6.45, 7) is 1.58. The van der Waals surface area contributed by atoms with Gasteiger partial charge in [-0.2, -0.15) is 13.2 Å². The molecule has 192 valence electrons. The van der Waals surface area contributed by atoms with Gasteiger partial charge in [0, 0.05) is 30.2 Å². The third-order valence-electron chi connectivity index (χ3n) is 6.37. The van der Waals surface area contributed by atoms with Gasteiger partial charge in [-0.15, -0.1) is 0 Å². The number of benzene rings is 2. The van der Waals surface area contributed by atoms with Crippen LogP contribution in [0.1, 0.15) is 41.6 Å². The monoisotopic (exact) mass is 509 g/mol. The van der Waals surface area contributed by atoms with E-state index in [9.17, 15) is 23.1 Å². The van der Waals surface area contributed by atoms with Crippen LogP contribution in [0.5, 0.6) is 17.2 Å². The summed E-state index contributed by atoms with van der Waals surface area (Å²) < 4.78 is 46.0. The highest BCUT2D eigenvalue weighted by Crippen LogP contribution is 2.35. The number of ketones is 1. The lowest BCUT2D eigenvalue weighted by Gasteiger charge is -2.14.